The molecule has 1 aliphatic carbocycles. The van der Waals surface area contributed by atoms with E-state index in [0.29, 0.717) is 38.7 Å². The van der Waals surface area contributed by atoms with Crippen LogP contribution in [0, 0.1) is 17.2 Å². The van der Waals surface area contributed by atoms with Crippen LogP contribution in [0.5, 0.6) is 0 Å². The van der Waals surface area contributed by atoms with Gasteiger partial charge in [0.15, 0.2) is 12.1 Å². The first kappa shape index (κ1) is 30.1. The smallest absolute Gasteiger partial charge is 0.246 e. The standard InChI is InChI=1S/C31H41ClN6O3S/c1-3-26(39)38-15-14-37(17-21(38)10-12-33)29-23-9-11-31(16-20-6-4-8-25(32)24(20)19-42-31)28(40)27(23)34-30(35-29)41-18-22-7-5-13-36(22)2/h3-4,6,8,21-23,27,29-30,34-35H,1,5,7,9-11,13-19H2,2H3/t21?,22?,23?,27?,29?,30?,31-/m1/s1. The molecule has 6 unspecified atom stereocenters. The summed E-state index contributed by atoms with van der Waals surface area (Å²) >= 11 is 8.27. The highest BCUT2D eigenvalue weighted by molar-refractivity contribution is 8.00. The fourth-order valence-electron chi connectivity index (χ4n) is 7.70. The third kappa shape index (κ3) is 5.65. The first-order valence-electron chi connectivity index (χ1n) is 15.2. The maximum Gasteiger partial charge on any atom is 0.246 e. The van der Waals surface area contributed by atoms with E-state index >= 15 is 0 Å². The highest BCUT2D eigenvalue weighted by atomic mass is 35.5. The van der Waals surface area contributed by atoms with Crippen molar-refractivity contribution in [3.8, 4) is 6.07 Å². The van der Waals surface area contributed by atoms with E-state index in [9.17, 15) is 14.9 Å². The fourth-order valence-corrected chi connectivity index (χ4v) is 9.59. The van der Waals surface area contributed by atoms with Crippen molar-refractivity contribution in [3.63, 3.8) is 0 Å². The molecule has 1 saturated carbocycles. The Labute approximate surface area is 257 Å². The highest BCUT2D eigenvalue weighted by Gasteiger charge is 2.55. The number of Topliss-reactive ketones (excluding diaryl/α,β-unsaturated/α-hetero) is 1. The van der Waals surface area contributed by atoms with E-state index in [1.165, 1.54) is 18.1 Å². The lowest BCUT2D eigenvalue weighted by molar-refractivity contribution is -0.144. The minimum atomic E-state index is -0.484. The van der Waals surface area contributed by atoms with Crippen molar-refractivity contribution in [3.05, 3.63) is 47.0 Å². The van der Waals surface area contributed by atoms with E-state index in [0.717, 1.165) is 42.1 Å². The predicted molar refractivity (Wildman–Crippen MR) is 164 cm³/mol. The lowest BCUT2D eigenvalue weighted by atomic mass is 9.71. The number of nitrogens with one attached hydrogen (secondary N) is 2. The van der Waals surface area contributed by atoms with E-state index in [4.69, 9.17) is 16.3 Å². The summed E-state index contributed by atoms with van der Waals surface area (Å²) in [5.41, 5.74) is 2.33. The van der Waals surface area contributed by atoms with E-state index in [1.807, 2.05) is 12.1 Å². The molecule has 0 radical (unpaired) electrons. The number of fused-ring (bicyclic) bond motifs is 2. The maximum atomic E-state index is 14.5. The van der Waals surface area contributed by atoms with Gasteiger partial charge in [-0.3, -0.25) is 25.1 Å². The number of hydrogen-bond donors (Lipinski definition) is 2. The predicted octanol–water partition coefficient (Wildman–Crippen LogP) is 2.74. The molecule has 11 heteroatoms. The number of amides is 1. The molecule has 3 saturated heterocycles. The summed E-state index contributed by atoms with van der Waals surface area (Å²) in [7, 11) is 2.14. The highest BCUT2D eigenvalue weighted by Crippen LogP contribution is 2.49. The van der Waals surface area contributed by atoms with E-state index in [-0.39, 0.29) is 42.3 Å². The van der Waals surface area contributed by atoms with Crippen molar-refractivity contribution in [1.82, 2.24) is 25.3 Å². The van der Waals surface area contributed by atoms with Crippen LogP contribution in [0.3, 0.4) is 0 Å². The van der Waals surface area contributed by atoms with Crippen LogP contribution in [0.1, 0.15) is 43.2 Å². The van der Waals surface area contributed by atoms with Gasteiger partial charge in [-0.05, 0) is 69.0 Å². The number of carbonyl (C=O) groups excluding carboxylic acids is 2. The minimum absolute atomic E-state index is 0.0443. The average Bonchev–Trinajstić information content (AvgIpc) is 3.42. The Bertz CT molecular complexity index is 1260. The average molecular weight is 613 g/mol. The number of halogens is 1. The van der Waals surface area contributed by atoms with Gasteiger partial charge in [0, 0.05) is 42.4 Å². The summed E-state index contributed by atoms with van der Waals surface area (Å²) < 4.78 is 5.97. The molecular weight excluding hydrogens is 572 g/mol. The first-order valence-corrected chi connectivity index (χ1v) is 16.5. The number of carbonyl (C=O) groups is 2. The van der Waals surface area contributed by atoms with Crippen LogP contribution in [0.4, 0.5) is 0 Å². The molecule has 6 rings (SSSR count). The second-order valence-corrected chi connectivity index (χ2v) is 14.2. The van der Waals surface area contributed by atoms with Gasteiger partial charge >= 0.3 is 0 Å². The van der Waals surface area contributed by atoms with Crippen LogP contribution in [0.25, 0.3) is 0 Å². The zero-order chi connectivity index (χ0) is 29.4. The minimum Gasteiger partial charge on any atom is -0.348 e. The summed E-state index contributed by atoms with van der Waals surface area (Å²) in [6, 6.07) is 8.08. The second-order valence-electron chi connectivity index (χ2n) is 12.4. The molecule has 9 nitrogen and oxygen atoms in total. The quantitative estimate of drug-likeness (QED) is 0.470. The number of hydrogen-bond acceptors (Lipinski definition) is 9. The zero-order valence-electron chi connectivity index (χ0n) is 24.3. The van der Waals surface area contributed by atoms with Crippen molar-refractivity contribution >= 4 is 35.1 Å². The summed E-state index contributed by atoms with van der Waals surface area (Å²) in [6.45, 7) is 7.05. The van der Waals surface area contributed by atoms with E-state index < -0.39 is 11.1 Å². The molecule has 226 valence electrons. The van der Waals surface area contributed by atoms with Crippen molar-refractivity contribution in [2.24, 2.45) is 5.92 Å². The zero-order valence-corrected chi connectivity index (χ0v) is 25.8. The number of ketones is 1. The number of ether oxygens (including phenoxy) is 1. The molecular formula is C31H41ClN6O3S. The van der Waals surface area contributed by atoms with Crippen molar-refractivity contribution < 1.29 is 14.3 Å². The van der Waals surface area contributed by atoms with E-state index in [1.54, 1.807) is 16.7 Å². The number of nitriles is 1. The topological polar surface area (TPSA) is 101 Å². The first-order chi connectivity index (χ1) is 20.3. The Morgan fingerprint density at radius 1 is 1.29 bits per heavy atom. The van der Waals surface area contributed by atoms with Gasteiger partial charge in [0.1, 0.15) is 0 Å². The third-order valence-corrected chi connectivity index (χ3v) is 12.0. The van der Waals surface area contributed by atoms with Gasteiger partial charge in [0.25, 0.3) is 0 Å². The molecule has 2 N–H and O–H groups in total. The SMILES string of the molecule is C=CC(=O)N1CCN(C2NC(OCC3CCCN3C)NC3C(=O)[C@@]4(CCC32)Cc2cccc(Cl)c2CS4)CC1CC#N. The molecule has 7 atom stereocenters. The van der Waals surface area contributed by atoms with Crippen molar-refractivity contribution in [2.75, 3.05) is 39.8 Å². The molecule has 0 aromatic heterocycles. The Kier molecular flexibility index (Phi) is 9.00. The molecule has 1 amide bonds. The van der Waals surface area contributed by atoms with Crippen molar-refractivity contribution in [1.29, 1.82) is 5.26 Å². The Hall–Kier alpha value is -1.97. The monoisotopic (exact) mass is 612 g/mol. The van der Waals surface area contributed by atoms with Gasteiger partial charge in [0.05, 0.1) is 42.1 Å². The van der Waals surface area contributed by atoms with Gasteiger partial charge < -0.3 is 14.5 Å². The molecule has 1 aromatic rings. The summed E-state index contributed by atoms with van der Waals surface area (Å²) in [6.07, 6.45) is 5.66. The molecule has 4 fully saturated rings. The number of thioether (sulfide) groups is 1. The van der Waals surface area contributed by atoms with Crippen LogP contribution in [-0.4, -0.2) is 102 Å². The number of likely N-dealkylation sites (tertiary alicyclic amines) is 1. The second kappa shape index (κ2) is 12.6. The van der Waals surface area contributed by atoms with Crippen LogP contribution in [-0.2, 0) is 26.5 Å². The van der Waals surface area contributed by atoms with Crippen LogP contribution in [0.15, 0.2) is 30.9 Å². The normalized spacial score (nSPS) is 35.5. The van der Waals surface area contributed by atoms with Crippen LogP contribution >= 0.6 is 23.4 Å². The lowest BCUT2D eigenvalue weighted by Gasteiger charge is -2.55. The molecule has 42 heavy (non-hydrogen) atoms. The molecule has 4 heterocycles. The van der Waals surface area contributed by atoms with Gasteiger partial charge in [0.2, 0.25) is 5.91 Å². The molecule has 4 aliphatic heterocycles. The molecule has 5 aliphatic rings. The summed E-state index contributed by atoms with van der Waals surface area (Å²) in [5.74, 6) is 0.893. The maximum absolute atomic E-state index is 14.5. The molecule has 0 bridgehead atoms. The summed E-state index contributed by atoms with van der Waals surface area (Å²) in [5, 5.41) is 17.6. The van der Waals surface area contributed by atoms with Gasteiger partial charge in [-0.1, -0.05) is 30.3 Å². The van der Waals surface area contributed by atoms with Gasteiger partial charge in [-0.25, -0.2) is 0 Å². The number of likely N-dealkylation sites (N-methyl/N-ethyl adjacent to an activating group) is 1. The molecule has 1 spiro atoms. The number of rotatable bonds is 6. The lowest BCUT2D eigenvalue weighted by Crippen LogP contribution is -2.75. The molecule has 1 aromatic carbocycles. The largest absolute Gasteiger partial charge is 0.348 e. The summed E-state index contributed by atoms with van der Waals surface area (Å²) in [4.78, 5) is 33.5. The Morgan fingerprint density at radius 3 is 2.90 bits per heavy atom. The van der Waals surface area contributed by atoms with Gasteiger partial charge in [-0.15, -0.1) is 11.8 Å². The van der Waals surface area contributed by atoms with Crippen LogP contribution in [0.2, 0.25) is 5.02 Å². The van der Waals surface area contributed by atoms with Crippen molar-refractivity contribution in [2.45, 2.75) is 79.7 Å². The Morgan fingerprint density at radius 2 is 2.14 bits per heavy atom. The Balaban J connectivity index is 1.24. The van der Waals surface area contributed by atoms with Crippen LogP contribution < -0.4 is 10.6 Å². The number of piperazine rings is 1. The fraction of sp³-hybridized carbons (Fsp3) is 0.645. The van der Waals surface area contributed by atoms with E-state index in [2.05, 4.69) is 46.2 Å². The number of nitrogens with zero attached hydrogens (tertiary/aromatic N) is 4. The number of benzene rings is 1. The van der Waals surface area contributed by atoms with Gasteiger partial charge in [-0.2, -0.15) is 5.26 Å². The third-order valence-electron chi connectivity index (χ3n) is 10.1.